The van der Waals surface area contributed by atoms with E-state index in [-0.39, 0.29) is 32.1 Å². The molecule has 28 heavy (non-hydrogen) atoms. The lowest BCUT2D eigenvalue weighted by Gasteiger charge is -2.22. The van der Waals surface area contributed by atoms with Crippen LogP contribution in [0.4, 0.5) is 0 Å². The van der Waals surface area contributed by atoms with Crippen molar-refractivity contribution in [1.29, 1.82) is 0 Å². The number of nitrogens with one attached hydrogen (secondary N) is 2. The van der Waals surface area contributed by atoms with Crippen LogP contribution in [0.25, 0.3) is 0 Å². The molecule has 13 nitrogen and oxygen atoms in total. The maximum absolute atomic E-state index is 12.3. The zero-order valence-electron chi connectivity index (χ0n) is 15.1. The van der Waals surface area contributed by atoms with Crippen LogP contribution >= 0.6 is 0 Å². The molecule has 0 bridgehead atoms. The van der Waals surface area contributed by atoms with Gasteiger partial charge in [-0.3, -0.25) is 24.0 Å². The van der Waals surface area contributed by atoms with E-state index in [4.69, 9.17) is 27.4 Å². The fourth-order valence-corrected chi connectivity index (χ4v) is 2.06. The highest BCUT2D eigenvalue weighted by molar-refractivity contribution is 5.92. The fraction of sp³-hybridized carbons (Fsp3) is 0.600. The van der Waals surface area contributed by atoms with E-state index in [1.807, 2.05) is 0 Å². The minimum Gasteiger partial charge on any atom is -0.481 e. The minimum absolute atomic E-state index is 0.0817. The Morgan fingerprint density at radius 2 is 1.18 bits per heavy atom. The summed E-state index contributed by atoms with van der Waals surface area (Å²) in [5.41, 5.74) is 15.6. The Morgan fingerprint density at radius 1 is 0.714 bits per heavy atom. The summed E-state index contributed by atoms with van der Waals surface area (Å²) < 4.78 is 0. The van der Waals surface area contributed by atoms with Crippen molar-refractivity contribution in [2.45, 2.75) is 56.7 Å². The van der Waals surface area contributed by atoms with Gasteiger partial charge in [0, 0.05) is 19.3 Å². The Balaban J connectivity index is 5.08. The molecule has 3 unspecified atom stereocenters. The van der Waals surface area contributed by atoms with Crippen molar-refractivity contribution in [3.8, 4) is 0 Å². The molecule has 10 N–H and O–H groups in total. The molecule has 3 atom stereocenters. The highest BCUT2D eigenvalue weighted by Crippen LogP contribution is 2.04. The SMILES string of the molecule is NC(=O)CCC(N)C(=O)NC(CCC(N)=O)C(=O)NC(CCC(=O)O)C(=O)O. The molecular formula is C15H25N5O8. The Labute approximate surface area is 160 Å². The first-order valence-corrected chi connectivity index (χ1v) is 8.31. The standard InChI is InChI=1S/C15H25N5O8/c16-7(1-4-10(17)21)13(25)19-8(2-5-11(18)22)14(26)20-9(15(27)28)3-6-12(23)24/h7-9H,1-6,16H2,(H2,17,21)(H2,18,22)(H,19,25)(H,20,26)(H,23,24)(H,27,28). The van der Waals surface area contributed by atoms with E-state index >= 15 is 0 Å². The number of carboxylic acid groups (broad SMARTS) is 2. The van der Waals surface area contributed by atoms with Crippen LogP contribution in [0.15, 0.2) is 0 Å². The summed E-state index contributed by atoms with van der Waals surface area (Å²) in [6.07, 6.45) is -1.66. The van der Waals surface area contributed by atoms with Crippen LogP contribution in [0.5, 0.6) is 0 Å². The van der Waals surface area contributed by atoms with E-state index in [1.54, 1.807) is 0 Å². The van der Waals surface area contributed by atoms with E-state index in [0.717, 1.165) is 0 Å². The molecule has 0 aliphatic carbocycles. The van der Waals surface area contributed by atoms with Crippen molar-refractivity contribution in [3.63, 3.8) is 0 Å². The normalized spacial score (nSPS) is 13.6. The summed E-state index contributed by atoms with van der Waals surface area (Å²) >= 11 is 0. The number of carboxylic acids is 2. The van der Waals surface area contributed by atoms with Gasteiger partial charge in [-0.25, -0.2) is 4.79 Å². The summed E-state index contributed by atoms with van der Waals surface area (Å²) in [6.45, 7) is 0. The van der Waals surface area contributed by atoms with Crippen molar-refractivity contribution in [3.05, 3.63) is 0 Å². The second-order valence-corrected chi connectivity index (χ2v) is 6.01. The number of hydrogen-bond acceptors (Lipinski definition) is 7. The maximum atomic E-state index is 12.3. The molecule has 0 fully saturated rings. The number of nitrogens with two attached hydrogens (primary N) is 3. The second kappa shape index (κ2) is 12.2. The Morgan fingerprint density at radius 3 is 1.64 bits per heavy atom. The molecule has 0 aromatic rings. The highest BCUT2D eigenvalue weighted by atomic mass is 16.4. The van der Waals surface area contributed by atoms with Crippen molar-refractivity contribution < 1.29 is 39.0 Å². The molecule has 4 amide bonds. The van der Waals surface area contributed by atoms with Gasteiger partial charge in [0.1, 0.15) is 12.1 Å². The third kappa shape index (κ3) is 10.7. The number of hydrogen-bond donors (Lipinski definition) is 7. The van der Waals surface area contributed by atoms with Gasteiger partial charge in [0.05, 0.1) is 6.04 Å². The van der Waals surface area contributed by atoms with Crippen LogP contribution < -0.4 is 27.8 Å². The zero-order chi connectivity index (χ0) is 21.9. The molecule has 0 aliphatic heterocycles. The van der Waals surface area contributed by atoms with E-state index in [2.05, 4.69) is 10.6 Å². The van der Waals surface area contributed by atoms with Crippen LogP contribution in [0.1, 0.15) is 38.5 Å². The number of carbonyl (C=O) groups excluding carboxylic acids is 4. The number of amides is 4. The average molecular weight is 403 g/mol. The topological polar surface area (TPSA) is 245 Å². The summed E-state index contributed by atoms with van der Waals surface area (Å²) in [6, 6.07) is -4.02. The summed E-state index contributed by atoms with van der Waals surface area (Å²) in [4.78, 5) is 67.9. The first-order chi connectivity index (χ1) is 12.9. The van der Waals surface area contributed by atoms with E-state index in [1.165, 1.54) is 0 Å². The average Bonchev–Trinajstić information content (AvgIpc) is 2.58. The molecule has 0 rings (SSSR count). The lowest BCUT2D eigenvalue weighted by Crippen LogP contribution is -2.54. The highest BCUT2D eigenvalue weighted by Gasteiger charge is 2.28. The molecule has 0 radical (unpaired) electrons. The third-order valence-corrected chi connectivity index (χ3v) is 3.61. The molecule has 158 valence electrons. The minimum atomic E-state index is -1.51. The second-order valence-electron chi connectivity index (χ2n) is 6.01. The molecule has 0 aliphatic rings. The van der Waals surface area contributed by atoms with Crippen LogP contribution in [0, 0.1) is 0 Å². The van der Waals surface area contributed by atoms with Crippen molar-refractivity contribution in [1.82, 2.24) is 10.6 Å². The van der Waals surface area contributed by atoms with E-state index in [0.29, 0.717) is 0 Å². The third-order valence-electron chi connectivity index (χ3n) is 3.61. The summed E-state index contributed by atoms with van der Waals surface area (Å²) in [5.74, 6) is -5.91. The Bertz CT molecular complexity index is 624. The van der Waals surface area contributed by atoms with Crippen LogP contribution in [-0.2, 0) is 28.8 Å². The Hall–Kier alpha value is -3.22. The van der Waals surface area contributed by atoms with Crippen LogP contribution in [0.3, 0.4) is 0 Å². The molecule has 0 saturated carbocycles. The fourth-order valence-electron chi connectivity index (χ4n) is 2.06. The van der Waals surface area contributed by atoms with Gasteiger partial charge in [-0.1, -0.05) is 0 Å². The summed E-state index contributed by atoms with van der Waals surface area (Å²) in [7, 11) is 0. The van der Waals surface area contributed by atoms with Gasteiger partial charge in [0.15, 0.2) is 0 Å². The first kappa shape index (κ1) is 24.8. The smallest absolute Gasteiger partial charge is 0.326 e. The molecule has 0 spiro atoms. The lowest BCUT2D eigenvalue weighted by atomic mass is 10.1. The molecule has 0 heterocycles. The lowest BCUT2D eigenvalue weighted by molar-refractivity contribution is -0.143. The van der Waals surface area contributed by atoms with Gasteiger partial charge in [-0.05, 0) is 19.3 Å². The number of primary amides is 2. The predicted molar refractivity (Wildman–Crippen MR) is 93.2 cm³/mol. The molecular weight excluding hydrogens is 378 g/mol. The van der Waals surface area contributed by atoms with Crippen LogP contribution in [-0.4, -0.2) is 63.9 Å². The molecule has 0 aromatic carbocycles. The van der Waals surface area contributed by atoms with Crippen molar-refractivity contribution in [2.75, 3.05) is 0 Å². The molecule has 0 saturated heterocycles. The van der Waals surface area contributed by atoms with Crippen LogP contribution in [0.2, 0.25) is 0 Å². The summed E-state index contributed by atoms with van der Waals surface area (Å²) in [5, 5.41) is 22.1. The quantitative estimate of drug-likeness (QED) is 0.154. The number of aliphatic carboxylic acids is 2. The molecule has 0 aromatic heterocycles. The predicted octanol–water partition coefficient (Wildman–Crippen LogP) is -3.24. The maximum Gasteiger partial charge on any atom is 0.326 e. The first-order valence-electron chi connectivity index (χ1n) is 8.31. The number of rotatable bonds is 14. The van der Waals surface area contributed by atoms with Gasteiger partial charge >= 0.3 is 11.9 Å². The van der Waals surface area contributed by atoms with E-state index < -0.39 is 60.1 Å². The monoisotopic (exact) mass is 403 g/mol. The Kier molecular flexibility index (Phi) is 10.8. The van der Waals surface area contributed by atoms with Crippen molar-refractivity contribution in [2.24, 2.45) is 17.2 Å². The largest absolute Gasteiger partial charge is 0.481 e. The van der Waals surface area contributed by atoms with Gasteiger partial charge in [-0.2, -0.15) is 0 Å². The number of carbonyl (C=O) groups is 6. The van der Waals surface area contributed by atoms with Gasteiger partial charge in [-0.15, -0.1) is 0 Å². The van der Waals surface area contributed by atoms with Gasteiger partial charge in [0.25, 0.3) is 0 Å². The van der Waals surface area contributed by atoms with Gasteiger partial charge in [0.2, 0.25) is 23.6 Å². The zero-order valence-corrected chi connectivity index (χ0v) is 15.1. The molecule has 13 heteroatoms. The van der Waals surface area contributed by atoms with Gasteiger partial charge < -0.3 is 38.0 Å². The van der Waals surface area contributed by atoms with E-state index in [9.17, 15) is 28.8 Å². The van der Waals surface area contributed by atoms with Crippen molar-refractivity contribution >= 4 is 35.6 Å².